The topological polar surface area (TPSA) is 231 Å². The Morgan fingerprint density at radius 3 is 1.31 bits per heavy atom. The van der Waals surface area contributed by atoms with Crippen LogP contribution in [0.15, 0.2) is 9.89 Å². The van der Waals surface area contributed by atoms with Gasteiger partial charge in [0, 0.05) is 20.1 Å². The molecular formula is C63H132B6N8O11. The van der Waals surface area contributed by atoms with Crippen molar-refractivity contribution in [1.82, 2.24) is 29.9 Å². The molecule has 0 spiro atoms. The summed E-state index contributed by atoms with van der Waals surface area (Å²) < 4.78 is 33.6. The zero-order valence-electron chi connectivity index (χ0n) is 57.6. The fourth-order valence-electron chi connectivity index (χ4n) is 10.6. The Balaban J connectivity index is 4.26. The molecule has 0 rings (SSSR count). The molecule has 25 heteroatoms. The number of carbonyl (C=O) groups is 2. The van der Waals surface area contributed by atoms with Crippen LogP contribution in [0.1, 0.15) is 231 Å². The number of aliphatic imine (C=N–C) groups is 1. The fourth-order valence-corrected chi connectivity index (χ4v) is 10.6. The zero-order chi connectivity index (χ0) is 64.8. The molecule has 0 aliphatic carbocycles. The van der Waals surface area contributed by atoms with Crippen molar-refractivity contribution in [3.63, 3.8) is 0 Å². The summed E-state index contributed by atoms with van der Waals surface area (Å²) in [6.07, 6.45) is 39.8. The maximum atomic E-state index is 12.6. The van der Waals surface area contributed by atoms with E-state index in [0.717, 1.165) is 149 Å². The van der Waals surface area contributed by atoms with Crippen LogP contribution in [0, 0.1) is 5.92 Å². The third-order valence-corrected chi connectivity index (χ3v) is 16.8. The van der Waals surface area contributed by atoms with Gasteiger partial charge in [0.05, 0.1) is 33.0 Å². The van der Waals surface area contributed by atoms with Crippen molar-refractivity contribution in [3.05, 3.63) is 0 Å². The van der Waals surface area contributed by atoms with Gasteiger partial charge in [0.2, 0.25) is 5.91 Å². The fraction of sp³-hybridized carbons (Fsp3) is 0.952. The Bertz CT molecular complexity index is 1630. The van der Waals surface area contributed by atoms with Crippen LogP contribution in [0.5, 0.6) is 0 Å². The molecule has 0 aromatic carbocycles. The van der Waals surface area contributed by atoms with Gasteiger partial charge in [-0.25, -0.2) is 0 Å². The molecule has 508 valence electrons. The third kappa shape index (κ3) is 59.0. The zero-order valence-corrected chi connectivity index (χ0v) is 57.6. The van der Waals surface area contributed by atoms with Crippen LogP contribution in [0.3, 0.4) is 0 Å². The molecule has 0 saturated carbocycles. The van der Waals surface area contributed by atoms with Crippen LogP contribution in [-0.2, 0) is 33.2 Å². The maximum absolute atomic E-state index is 12.6. The number of amides is 2. The first-order valence-electron chi connectivity index (χ1n) is 35.6. The molecule has 0 fully saturated rings. The molecule has 88 heavy (non-hydrogen) atoms. The molecule has 1 atom stereocenters. The first kappa shape index (κ1) is 86.0. The van der Waals surface area contributed by atoms with Gasteiger partial charge in [-0.1, -0.05) is 122 Å². The van der Waals surface area contributed by atoms with E-state index in [9.17, 15) is 34.4 Å². The molecule has 1 unspecified atom stereocenters. The number of rotatable bonds is 69. The van der Waals surface area contributed by atoms with Crippen molar-refractivity contribution >= 4 is 60.1 Å². The first-order chi connectivity index (χ1) is 42.7. The van der Waals surface area contributed by atoms with E-state index in [1.165, 1.54) is 116 Å². The third-order valence-electron chi connectivity index (χ3n) is 16.8. The van der Waals surface area contributed by atoms with Crippen molar-refractivity contribution in [3.8, 4) is 0 Å². The van der Waals surface area contributed by atoms with Gasteiger partial charge < -0.3 is 24.6 Å². The molecular weight excluding hydrogens is 1110 g/mol. The van der Waals surface area contributed by atoms with E-state index in [1.807, 2.05) is 28.5 Å². The SMILES string of the molecule is COCCOCCOCCC(=O)NCCCCCCCCCCCCCCCCCCCCCCCC(=O)NCCCCCCC(CN=C(B=O)CCCCN(CCCN(C)B(C)O)B(C)O)C/N=B\OCCCCCN(CCCN(C)B(C)O)B(C)O. The molecule has 0 aliphatic rings. The van der Waals surface area contributed by atoms with E-state index in [-0.39, 0.29) is 17.7 Å². The average molecular weight is 1240 g/mol. The monoisotopic (exact) mass is 1240 g/mol. The van der Waals surface area contributed by atoms with Gasteiger partial charge in [0.1, 0.15) is 0 Å². The molecule has 0 bridgehead atoms. The second kappa shape index (κ2) is 65.0. The Hall–Kier alpha value is -2.04. The van der Waals surface area contributed by atoms with Crippen molar-refractivity contribution in [2.24, 2.45) is 15.8 Å². The number of hydrogen-bond acceptors (Lipinski definition) is 17. The average Bonchev–Trinajstić information content (AvgIpc) is 3.64. The summed E-state index contributed by atoms with van der Waals surface area (Å²) >= 11 is 0. The van der Waals surface area contributed by atoms with Crippen molar-refractivity contribution in [1.29, 1.82) is 0 Å². The predicted molar refractivity (Wildman–Crippen MR) is 371 cm³/mol. The van der Waals surface area contributed by atoms with Gasteiger partial charge in [0.25, 0.3) is 0 Å². The summed E-state index contributed by atoms with van der Waals surface area (Å²) in [7, 11) is 5.81. The van der Waals surface area contributed by atoms with Crippen molar-refractivity contribution < 1.29 is 53.3 Å². The summed E-state index contributed by atoms with van der Waals surface area (Å²) in [5, 5.41) is 46.2. The molecule has 19 nitrogen and oxygen atoms in total. The van der Waals surface area contributed by atoms with Crippen LogP contribution in [0.25, 0.3) is 0 Å². The summed E-state index contributed by atoms with van der Waals surface area (Å²) in [6.45, 7) is 17.4. The number of hydrogen-bond donors (Lipinski definition) is 6. The standard InChI is InChI=1S/C63H132B6N8O11/c1-66(81)74(5)46-38-50-76(68(3)83)48-35-29-37-52-88-65-73-59-60(58-72-61(64-80)41-32-36-49-77(69(4)84)51-39-47-75(6)67(2)82)40-30-26-28-34-44-70-62(78)42-31-25-23-21-19-17-15-13-11-9-8-10-12-14-16-18-20-22-24-27-33-45-71-63(79)43-53-86-56-57-87-55-54-85-7/h60,81-84H,8-59H2,1-7H3,(H,70,78)(H,71,79). The van der Waals surface area contributed by atoms with Crippen LogP contribution in [0.2, 0.25) is 27.3 Å². The van der Waals surface area contributed by atoms with Crippen molar-refractivity contribution in [2.75, 3.05) is 126 Å². The number of nitrogens with zero attached hydrogens (tertiary/aromatic N) is 6. The van der Waals surface area contributed by atoms with E-state index >= 15 is 0 Å². The summed E-state index contributed by atoms with van der Waals surface area (Å²) in [5.41, 5.74) is 0.568. The predicted octanol–water partition coefficient (Wildman–Crippen LogP) is 9.73. The van der Waals surface area contributed by atoms with Crippen LogP contribution in [0.4, 0.5) is 0 Å². The Labute approximate surface area is 541 Å². The summed E-state index contributed by atoms with van der Waals surface area (Å²) in [5.74, 6) is 0.410. The number of unbranched alkanes of at least 4 members (excludes halogenated alkanes) is 26. The molecule has 0 radical (unpaired) electrons. The molecule has 0 heterocycles. The second-order valence-corrected chi connectivity index (χ2v) is 25.0. The van der Waals surface area contributed by atoms with E-state index in [4.69, 9.17) is 23.9 Å². The number of nitrogens with one attached hydrogen (secondary N) is 2. The van der Waals surface area contributed by atoms with Gasteiger partial charge in [-0.2, -0.15) is 0 Å². The minimum atomic E-state index is -0.567. The van der Waals surface area contributed by atoms with Gasteiger partial charge in [-0.05, 0) is 19.7 Å². The van der Waals surface area contributed by atoms with Crippen LogP contribution < -0.4 is 10.6 Å². The van der Waals surface area contributed by atoms with Crippen LogP contribution >= 0.6 is 0 Å². The van der Waals surface area contributed by atoms with Gasteiger partial charge in [0.15, 0.2) is 0 Å². The number of ether oxygens (including phenoxy) is 3. The quantitative estimate of drug-likeness (QED) is 0.0189. The Morgan fingerprint density at radius 1 is 0.443 bits per heavy atom. The molecule has 2 amide bonds. The van der Waals surface area contributed by atoms with E-state index < -0.39 is 28.2 Å². The molecule has 0 saturated heterocycles. The number of carbonyl (C=O) groups excluding carboxylic acids is 2. The molecule has 6 N–H and O–H groups in total. The Morgan fingerprint density at radius 2 is 0.841 bits per heavy atom. The first-order valence-corrected chi connectivity index (χ1v) is 35.6. The van der Waals surface area contributed by atoms with E-state index in [0.29, 0.717) is 84.1 Å². The summed E-state index contributed by atoms with van der Waals surface area (Å²) in [6, 6.07) is 0. The normalized spacial score (nSPS) is 12.2. The van der Waals surface area contributed by atoms with Crippen LogP contribution in [-0.4, -0.2) is 226 Å². The molecule has 0 aliphatic heterocycles. The summed E-state index contributed by atoms with van der Waals surface area (Å²) in [4.78, 5) is 41.8. The molecule has 0 aromatic rings. The van der Waals surface area contributed by atoms with E-state index in [2.05, 4.69) is 20.3 Å². The van der Waals surface area contributed by atoms with Gasteiger partial charge >= 0.3 is 314 Å². The van der Waals surface area contributed by atoms with E-state index in [1.54, 1.807) is 41.7 Å². The molecule has 0 aromatic heterocycles. The minimum absolute atomic E-state index is 0.0658. The van der Waals surface area contributed by atoms with Gasteiger partial charge in [-0.3, -0.25) is 4.79 Å². The Kier molecular flexibility index (Phi) is 63.5. The second-order valence-electron chi connectivity index (χ2n) is 25.0. The van der Waals surface area contributed by atoms with Crippen molar-refractivity contribution in [2.45, 2.75) is 258 Å². The number of methoxy groups -OCH3 is 1. The van der Waals surface area contributed by atoms with Gasteiger partial charge in [-0.15, -0.1) is 0 Å².